The molecule has 0 aromatic carbocycles. The quantitative estimate of drug-likeness (QED) is 0.0276. The minimum absolute atomic E-state index is 0. The number of carbonyl (C=O) groups excluding carboxylic acids is 7. The van der Waals surface area contributed by atoms with Crippen LogP contribution in [0.2, 0.25) is 18.1 Å². The standard InChI is InChI=1S/C18H34O3Si.C13H20O2.C12H20O3.C12H18O3.C11H18O2.C9H14O3.C4H7.CH3.6ClH.2IO4.Mg.2Na.2Ru/c1-17(2,3)22(4,5)20-13-9-10-15-14-18(16(19)21-15)11-7-6-8-12-18;1-2-3-7-11-10-13(12(14)15-11)8-5-4-6-9-13;2*13-8-4-5-10-9-12(11(14)15-10)6-2-1-3-7-12;1-3-7-11(10(12)13-2)8-5-4-6-9-11;10-7-6-9(8(11)12-7)4-2-1-3-5-9;1-3-4-2;;;;;;;;2*2-1(3,4)5;;;;;/h15H,6-14H2,1-5H3;2,11H,1,3-10H2;10,13H,1-9H2;8,10H,1-7,9H2;3H,1,4-9H2,2H3;7,10H,1-6H2;3H,1-2,4H2;1H3;6*1H;;;;;;;/q;;;;;;2*-1;;;;;;;2*-1;+2;2*+1;2*+3/p-6. The summed E-state index contributed by atoms with van der Waals surface area (Å²) in [5, 5.41) is 18.2. The molecule has 5 spiro atoms. The number of aliphatic hydroxyl groups excluding tert-OH is 2. The molecule has 0 amide bonds. The molecule has 118 heavy (non-hydrogen) atoms. The van der Waals surface area contributed by atoms with Crippen LogP contribution in [0.15, 0.2) is 38.0 Å². The molecule has 11 rings (SSSR count). The van der Waals surface area contributed by atoms with Gasteiger partial charge in [0.2, 0.25) is 6.29 Å². The van der Waals surface area contributed by atoms with Gasteiger partial charge in [0.05, 0.1) is 39.6 Å². The van der Waals surface area contributed by atoms with E-state index in [0.29, 0.717) is 19.3 Å². The predicted molar refractivity (Wildman–Crippen MR) is 426 cm³/mol. The van der Waals surface area contributed by atoms with Crippen molar-refractivity contribution in [1.29, 1.82) is 0 Å². The normalized spacial score (nSPS) is 23.6. The van der Waals surface area contributed by atoms with Crippen LogP contribution in [0.3, 0.4) is 0 Å². The Morgan fingerprint density at radius 1 is 0.508 bits per heavy atom. The first-order valence-electron chi connectivity index (χ1n) is 40.0. The molecule has 11 fully saturated rings. The second-order valence-electron chi connectivity index (χ2n) is 32.9. The fourth-order valence-electron chi connectivity index (χ4n) is 16.8. The smallest absolute Gasteiger partial charge is 0.286 e. The maximum atomic E-state index is 12.2. The third-order valence-electron chi connectivity index (χ3n) is 23.7. The van der Waals surface area contributed by atoms with E-state index < -0.39 is 80.8 Å². The number of rotatable bonds is 18. The number of ether oxygens (including phenoxy) is 6. The third-order valence-corrected chi connectivity index (χ3v) is 28.2. The van der Waals surface area contributed by atoms with E-state index in [1.807, 2.05) is 12.2 Å². The zero-order valence-corrected chi connectivity index (χ0v) is 90.3. The molecule has 5 aliphatic heterocycles. The van der Waals surface area contributed by atoms with E-state index in [-0.39, 0.29) is 194 Å². The molecule has 5 saturated heterocycles. The van der Waals surface area contributed by atoms with Crippen molar-refractivity contribution in [3.63, 3.8) is 0 Å². The number of aliphatic hydroxyl groups is 2. The second-order valence-corrected chi connectivity index (χ2v) is 57.8. The van der Waals surface area contributed by atoms with E-state index in [1.54, 1.807) is 6.08 Å². The van der Waals surface area contributed by atoms with Crippen molar-refractivity contribution in [3.8, 4) is 0 Å². The van der Waals surface area contributed by atoms with Gasteiger partial charge in [0.15, 0.2) is 8.32 Å². The molecule has 24 nitrogen and oxygen atoms in total. The van der Waals surface area contributed by atoms with Gasteiger partial charge in [0.25, 0.3) is 0 Å². The van der Waals surface area contributed by atoms with Gasteiger partial charge in [-0.05, 0) is 147 Å². The molecule has 6 saturated carbocycles. The molecule has 2 N–H and O–H groups in total. The Labute approximate surface area is 814 Å². The summed E-state index contributed by atoms with van der Waals surface area (Å²) in [6, 6.07) is 0. The van der Waals surface area contributed by atoms with Crippen LogP contribution >= 0.6 is 58.1 Å². The molecule has 5 atom stereocenters. The maximum Gasteiger partial charge on any atom is 2.00 e. The Morgan fingerprint density at radius 2 is 0.771 bits per heavy atom. The summed E-state index contributed by atoms with van der Waals surface area (Å²) in [5.41, 5.74) is -1.08. The van der Waals surface area contributed by atoms with Crippen molar-refractivity contribution in [2.75, 3.05) is 20.3 Å². The summed E-state index contributed by atoms with van der Waals surface area (Å²) < 4.78 is 107. The number of carbonyl (C=O) groups is 7. The molecule has 5 unspecified atom stereocenters. The maximum absolute atomic E-state index is 12.2. The van der Waals surface area contributed by atoms with Crippen LogP contribution in [-0.2, 0) is 92.4 Å². The molecule has 678 valence electrons. The Balaban J connectivity index is -0.000000628. The summed E-state index contributed by atoms with van der Waals surface area (Å²) >= 11 is -15.4. The number of cyclic esters (lactones) is 5. The number of allylic oxidation sites excluding steroid dienone is 3. The molecule has 38 heteroatoms. The van der Waals surface area contributed by atoms with Crippen LogP contribution < -0.4 is 127 Å². The number of hydrogen-bond donors (Lipinski definition) is 2. The van der Waals surface area contributed by atoms with E-state index in [2.05, 4.69) is 60.5 Å². The van der Waals surface area contributed by atoms with Crippen LogP contribution in [0.4, 0.5) is 0 Å². The molecular weight excluding hydrogens is 2110 g/mol. The zero-order chi connectivity index (χ0) is 86.5. The first kappa shape index (κ1) is 127. The van der Waals surface area contributed by atoms with Gasteiger partial charge >= 0.3 is 202 Å². The van der Waals surface area contributed by atoms with E-state index in [4.69, 9.17) is 124 Å². The van der Waals surface area contributed by atoms with Gasteiger partial charge in [-0.3, -0.25) is 56.3 Å². The largest absolute Gasteiger partial charge is 2.00 e. The van der Waals surface area contributed by atoms with Crippen LogP contribution in [0.1, 0.15) is 310 Å². The molecule has 11 aliphatic rings. The topological polar surface area (TPSA) is 409 Å². The molecule has 5 heterocycles. The van der Waals surface area contributed by atoms with Crippen molar-refractivity contribution in [3.05, 3.63) is 52.3 Å². The van der Waals surface area contributed by atoms with Gasteiger partial charge in [-0.25, -0.2) is 0 Å². The molecule has 0 bridgehead atoms. The number of esters is 6. The first-order valence-corrected chi connectivity index (χ1v) is 63.4. The van der Waals surface area contributed by atoms with E-state index >= 15 is 0 Å². The van der Waals surface area contributed by atoms with Gasteiger partial charge in [0.1, 0.15) is 70.9 Å². The summed E-state index contributed by atoms with van der Waals surface area (Å²) in [5.74, 6) is -0.0242. The van der Waals surface area contributed by atoms with E-state index in [0.717, 1.165) is 206 Å². The minimum atomic E-state index is -5.94. The van der Waals surface area contributed by atoms with Gasteiger partial charge in [-0.2, -0.15) is 6.42 Å². The predicted octanol–water partition coefficient (Wildman–Crippen LogP) is 0.520. The van der Waals surface area contributed by atoms with Crippen LogP contribution in [0.25, 0.3) is 0 Å². The van der Waals surface area contributed by atoms with Crippen LogP contribution in [-0.4, -0.2) is 135 Å². The molecule has 0 aromatic rings. The van der Waals surface area contributed by atoms with Crippen molar-refractivity contribution >= 4 is 132 Å². The summed E-state index contributed by atoms with van der Waals surface area (Å²) in [7, 11) is 29.5. The third kappa shape index (κ3) is 50.9. The fraction of sp³-hybridized carbons (Fsp3) is 0.812. The number of hydrogen-bond acceptors (Lipinski definition) is 24. The van der Waals surface area contributed by atoms with Crippen molar-refractivity contribution in [1.82, 2.24) is 0 Å². The summed E-state index contributed by atoms with van der Waals surface area (Å²) in [6.45, 7) is 26.7. The second kappa shape index (κ2) is 66.1. The number of methoxy groups -OCH3 is 1. The number of halogens is 8. The summed E-state index contributed by atoms with van der Waals surface area (Å²) in [4.78, 5) is 81.0. The van der Waals surface area contributed by atoms with Crippen molar-refractivity contribution < 1.29 is 229 Å². The first-order chi connectivity index (χ1) is 53.3. The van der Waals surface area contributed by atoms with Crippen molar-refractivity contribution in [2.45, 2.75) is 359 Å². The molecule has 0 aromatic heterocycles. The molecular formula is C80H134Cl6I2MgNa2O24Ru2Si. The van der Waals surface area contributed by atoms with E-state index in [1.165, 1.54) is 84.2 Å². The zero-order valence-electron chi connectivity index (χ0n) is 71.6. The van der Waals surface area contributed by atoms with Crippen molar-refractivity contribution in [2.24, 2.45) is 32.5 Å². The Hall–Kier alpha value is 2.70. The van der Waals surface area contributed by atoms with Gasteiger partial charge < -0.3 is 62.2 Å². The Bertz CT molecular complexity index is 2720. The minimum Gasteiger partial charge on any atom is -0.286 e. The van der Waals surface area contributed by atoms with Gasteiger partial charge in [-0.1, -0.05) is 148 Å². The van der Waals surface area contributed by atoms with Gasteiger partial charge in [-0.15, -0.1) is 25.8 Å². The average Bonchev–Trinajstić information content (AvgIpc) is 1.65. The van der Waals surface area contributed by atoms with Gasteiger partial charge in [0, 0.05) is 51.7 Å². The molecule has 0 radical (unpaired) electrons. The SMILES string of the molecule is C=CCC1(C(=O)OC)CCCCC1.C=CCCC1CC2(CCCCC2)C(=O)O1.C=CC[CH2-].CC(C)(C)[Si](C)(C)OCCCC1CC2(CCCCC2)C(=O)O1.O=C1OC(CCCO)CC12CCCCC2.O=C1OC(O)CC12CCCCC2.O=CCCC1CC2(CCCCC2)C(=O)O1.[CH3-].[Cl][Ru]([Cl])[Cl].[Cl][Ru]([Cl])[Cl].[Mg+2].[Na+].[Na+].[O-][I+3]([O-])([O-])[O-].[O-][I+3]([O-])([O-])[O-]. The number of aldehydes is 1. The summed E-state index contributed by atoms with van der Waals surface area (Å²) in [6.07, 6.45) is 51.7. The monoisotopic (exact) mass is 2240 g/mol. The average molecular weight is 2250 g/mol. The van der Waals surface area contributed by atoms with Crippen LogP contribution in [0, 0.1) is 46.8 Å². The van der Waals surface area contributed by atoms with Crippen LogP contribution in [0.5, 0.6) is 0 Å². The van der Waals surface area contributed by atoms with E-state index in [9.17, 15) is 38.7 Å². The Morgan fingerprint density at radius 3 is 1.01 bits per heavy atom. The fourth-order valence-corrected chi connectivity index (χ4v) is 17.9. The Kier molecular flexibility index (Phi) is 71.2. The molecule has 6 aliphatic carbocycles.